The Bertz CT molecular complexity index is 653. The average molecular weight is 299 g/mol. The number of aryl methyl sites for hydroxylation is 2. The summed E-state index contributed by atoms with van der Waals surface area (Å²) in [6.45, 7) is 4.72. The SMILES string of the molecule is COc1ccccc1OCCNC(=O)c1cc(C)ccc1C. The maximum atomic E-state index is 12.2. The number of hydrogen-bond acceptors (Lipinski definition) is 3. The standard InChI is InChI=1S/C18H21NO3/c1-13-8-9-14(2)15(12-13)18(20)19-10-11-22-17-7-5-4-6-16(17)21-3/h4-9,12H,10-11H2,1-3H3,(H,19,20). The number of amides is 1. The van der Waals surface area contributed by atoms with E-state index in [4.69, 9.17) is 9.47 Å². The normalized spacial score (nSPS) is 10.1. The van der Waals surface area contributed by atoms with Gasteiger partial charge in [-0.05, 0) is 37.6 Å². The van der Waals surface area contributed by atoms with E-state index in [1.165, 1.54) is 0 Å². The number of nitrogens with one attached hydrogen (secondary N) is 1. The summed E-state index contributed by atoms with van der Waals surface area (Å²) in [7, 11) is 1.60. The van der Waals surface area contributed by atoms with E-state index in [1.807, 2.05) is 56.3 Å². The van der Waals surface area contributed by atoms with Gasteiger partial charge in [-0.3, -0.25) is 4.79 Å². The van der Waals surface area contributed by atoms with Crippen molar-refractivity contribution in [1.29, 1.82) is 0 Å². The molecule has 4 heteroatoms. The third-order valence-electron chi connectivity index (χ3n) is 3.35. The number of hydrogen-bond donors (Lipinski definition) is 1. The maximum absolute atomic E-state index is 12.2. The van der Waals surface area contributed by atoms with Crippen molar-refractivity contribution in [3.05, 3.63) is 59.2 Å². The highest BCUT2D eigenvalue weighted by molar-refractivity contribution is 5.95. The molecule has 1 amide bonds. The van der Waals surface area contributed by atoms with Crippen molar-refractivity contribution in [2.75, 3.05) is 20.3 Å². The van der Waals surface area contributed by atoms with Crippen molar-refractivity contribution >= 4 is 5.91 Å². The van der Waals surface area contributed by atoms with Gasteiger partial charge in [0.25, 0.3) is 5.91 Å². The summed E-state index contributed by atoms with van der Waals surface area (Å²) in [5, 5.41) is 2.87. The van der Waals surface area contributed by atoms with Crippen LogP contribution in [0.1, 0.15) is 21.5 Å². The molecular weight excluding hydrogens is 278 g/mol. The van der Waals surface area contributed by atoms with Gasteiger partial charge in [-0.15, -0.1) is 0 Å². The van der Waals surface area contributed by atoms with Crippen molar-refractivity contribution in [3.8, 4) is 11.5 Å². The summed E-state index contributed by atoms with van der Waals surface area (Å²) in [6.07, 6.45) is 0. The van der Waals surface area contributed by atoms with Crippen LogP contribution < -0.4 is 14.8 Å². The maximum Gasteiger partial charge on any atom is 0.251 e. The van der Waals surface area contributed by atoms with Crippen molar-refractivity contribution in [2.24, 2.45) is 0 Å². The van der Waals surface area contributed by atoms with Crippen LogP contribution in [0, 0.1) is 13.8 Å². The first kappa shape index (κ1) is 15.9. The molecule has 2 rings (SSSR count). The Morgan fingerprint density at radius 1 is 1.09 bits per heavy atom. The Labute approximate surface area is 131 Å². The summed E-state index contributed by atoms with van der Waals surface area (Å²) in [4.78, 5) is 12.2. The second-order valence-electron chi connectivity index (χ2n) is 5.07. The van der Waals surface area contributed by atoms with E-state index in [2.05, 4.69) is 5.32 Å². The highest BCUT2D eigenvalue weighted by Crippen LogP contribution is 2.25. The molecule has 116 valence electrons. The van der Waals surface area contributed by atoms with E-state index in [-0.39, 0.29) is 5.91 Å². The lowest BCUT2D eigenvalue weighted by molar-refractivity contribution is 0.0946. The lowest BCUT2D eigenvalue weighted by Gasteiger charge is -2.11. The number of carbonyl (C=O) groups is 1. The fourth-order valence-corrected chi connectivity index (χ4v) is 2.14. The zero-order chi connectivity index (χ0) is 15.9. The molecule has 0 atom stereocenters. The van der Waals surface area contributed by atoms with Crippen LogP contribution in [-0.2, 0) is 0 Å². The molecule has 22 heavy (non-hydrogen) atoms. The molecule has 0 bridgehead atoms. The summed E-state index contributed by atoms with van der Waals surface area (Å²) in [5.41, 5.74) is 2.74. The van der Waals surface area contributed by atoms with Gasteiger partial charge in [0.05, 0.1) is 13.7 Å². The minimum Gasteiger partial charge on any atom is -0.493 e. The molecule has 0 radical (unpaired) electrons. The van der Waals surface area contributed by atoms with Gasteiger partial charge in [0.1, 0.15) is 6.61 Å². The first-order chi connectivity index (χ1) is 10.6. The van der Waals surface area contributed by atoms with Gasteiger partial charge in [-0.1, -0.05) is 29.8 Å². The van der Waals surface area contributed by atoms with Gasteiger partial charge in [0, 0.05) is 5.56 Å². The predicted octanol–water partition coefficient (Wildman–Crippen LogP) is 3.12. The summed E-state index contributed by atoms with van der Waals surface area (Å²) < 4.78 is 10.8. The van der Waals surface area contributed by atoms with Crippen molar-refractivity contribution in [1.82, 2.24) is 5.32 Å². The van der Waals surface area contributed by atoms with Crippen LogP contribution in [0.5, 0.6) is 11.5 Å². The summed E-state index contributed by atoms with van der Waals surface area (Å²) in [6, 6.07) is 13.3. The first-order valence-corrected chi connectivity index (χ1v) is 7.23. The first-order valence-electron chi connectivity index (χ1n) is 7.23. The average Bonchev–Trinajstić information content (AvgIpc) is 2.54. The van der Waals surface area contributed by atoms with Gasteiger partial charge in [-0.25, -0.2) is 0 Å². The van der Waals surface area contributed by atoms with E-state index in [9.17, 15) is 4.79 Å². The third-order valence-corrected chi connectivity index (χ3v) is 3.35. The van der Waals surface area contributed by atoms with Crippen LogP contribution in [0.25, 0.3) is 0 Å². The minimum absolute atomic E-state index is 0.0789. The molecule has 0 aliphatic rings. The Morgan fingerprint density at radius 3 is 2.55 bits per heavy atom. The predicted molar refractivity (Wildman–Crippen MR) is 86.7 cm³/mol. The molecule has 0 unspecified atom stereocenters. The largest absolute Gasteiger partial charge is 0.493 e. The summed E-state index contributed by atoms with van der Waals surface area (Å²) >= 11 is 0. The Hall–Kier alpha value is -2.49. The second-order valence-corrected chi connectivity index (χ2v) is 5.07. The van der Waals surface area contributed by atoms with Crippen LogP contribution >= 0.6 is 0 Å². The van der Waals surface area contributed by atoms with Crippen LogP contribution in [0.4, 0.5) is 0 Å². The molecule has 0 aliphatic heterocycles. The van der Waals surface area contributed by atoms with E-state index in [0.717, 1.165) is 11.1 Å². The summed E-state index contributed by atoms with van der Waals surface area (Å²) in [5.74, 6) is 1.28. The van der Waals surface area contributed by atoms with Crippen LogP contribution in [-0.4, -0.2) is 26.2 Å². The third kappa shape index (κ3) is 4.01. The molecule has 0 saturated heterocycles. The van der Waals surface area contributed by atoms with E-state index in [1.54, 1.807) is 7.11 Å². The highest BCUT2D eigenvalue weighted by atomic mass is 16.5. The number of benzene rings is 2. The Balaban J connectivity index is 1.86. The quantitative estimate of drug-likeness (QED) is 0.834. The van der Waals surface area contributed by atoms with Gasteiger partial charge < -0.3 is 14.8 Å². The lowest BCUT2D eigenvalue weighted by Crippen LogP contribution is -2.28. The van der Waals surface area contributed by atoms with Crippen molar-refractivity contribution in [2.45, 2.75) is 13.8 Å². The van der Waals surface area contributed by atoms with E-state index >= 15 is 0 Å². The zero-order valence-corrected chi connectivity index (χ0v) is 13.2. The number of para-hydroxylation sites is 2. The zero-order valence-electron chi connectivity index (χ0n) is 13.2. The molecule has 1 N–H and O–H groups in total. The van der Waals surface area contributed by atoms with Crippen LogP contribution in [0.3, 0.4) is 0 Å². The second kappa shape index (κ2) is 7.50. The fourth-order valence-electron chi connectivity index (χ4n) is 2.14. The molecule has 4 nitrogen and oxygen atoms in total. The van der Waals surface area contributed by atoms with Gasteiger partial charge in [0.15, 0.2) is 11.5 Å². The number of ether oxygens (including phenoxy) is 2. The van der Waals surface area contributed by atoms with Gasteiger partial charge >= 0.3 is 0 Å². The number of methoxy groups -OCH3 is 1. The molecule has 0 spiro atoms. The van der Waals surface area contributed by atoms with Crippen molar-refractivity contribution in [3.63, 3.8) is 0 Å². The lowest BCUT2D eigenvalue weighted by atomic mass is 10.1. The topological polar surface area (TPSA) is 47.6 Å². The molecule has 2 aromatic carbocycles. The molecular formula is C18H21NO3. The molecule has 0 fully saturated rings. The van der Waals surface area contributed by atoms with Crippen LogP contribution in [0.15, 0.2) is 42.5 Å². The molecule has 2 aromatic rings. The fraction of sp³-hybridized carbons (Fsp3) is 0.278. The van der Waals surface area contributed by atoms with Gasteiger partial charge in [0.2, 0.25) is 0 Å². The highest BCUT2D eigenvalue weighted by Gasteiger charge is 2.09. The Morgan fingerprint density at radius 2 is 1.82 bits per heavy atom. The smallest absolute Gasteiger partial charge is 0.251 e. The minimum atomic E-state index is -0.0789. The number of carbonyl (C=O) groups excluding carboxylic acids is 1. The molecule has 0 aromatic heterocycles. The van der Waals surface area contributed by atoms with E-state index in [0.29, 0.717) is 30.2 Å². The van der Waals surface area contributed by atoms with Crippen LogP contribution in [0.2, 0.25) is 0 Å². The molecule has 0 heterocycles. The van der Waals surface area contributed by atoms with Gasteiger partial charge in [-0.2, -0.15) is 0 Å². The molecule has 0 saturated carbocycles. The molecule has 0 aliphatic carbocycles. The van der Waals surface area contributed by atoms with E-state index < -0.39 is 0 Å². The number of rotatable bonds is 6. The van der Waals surface area contributed by atoms with Crippen molar-refractivity contribution < 1.29 is 14.3 Å². The monoisotopic (exact) mass is 299 g/mol. The Kier molecular flexibility index (Phi) is 5.42.